The van der Waals surface area contributed by atoms with Crippen LogP contribution in [0.3, 0.4) is 0 Å². The summed E-state index contributed by atoms with van der Waals surface area (Å²) in [7, 11) is 1.31. The molecule has 1 heterocycles. The SMILES string of the molecule is COC(=O)[C@@H](NC(=O)[C@H]1CCC(=O)N1)C1c2ccccc2-c2ccccc21. The van der Waals surface area contributed by atoms with Gasteiger partial charge in [-0.1, -0.05) is 48.5 Å². The van der Waals surface area contributed by atoms with E-state index in [1.165, 1.54) is 7.11 Å². The molecule has 1 saturated heterocycles. The standard InChI is InChI=1S/C21H20N2O4/c1-27-21(26)19(23-20(25)16-10-11-17(24)22-16)18-14-8-4-2-6-12(14)13-7-3-5-9-15(13)18/h2-9,16,18-19H,10-11H2,1H3,(H,22,24)(H,23,25)/t16-,19+/m1/s1. The number of benzene rings is 2. The van der Waals surface area contributed by atoms with Crippen molar-refractivity contribution >= 4 is 17.8 Å². The van der Waals surface area contributed by atoms with Gasteiger partial charge in [0.25, 0.3) is 0 Å². The molecule has 0 unspecified atom stereocenters. The van der Waals surface area contributed by atoms with E-state index in [0.29, 0.717) is 12.8 Å². The summed E-state index contributed by atoms with van der Waals surface area (Å²) < 4.78 is 5.00. The van der Waals surface area contributed by atoms with Crippen molar-refractivity contribution in [3.05, 3.63) is 59.7 Å². The third kappa shape index (κ3) is 2.97. The molecular weight excluding hydrogens is 344 g/mol. The Morgan fingerprint density at radius 3 is 2.19 bits per heavy atom. The number of methoxy groups -OCH3 is 1. The first-order valence-corrected chi connectivity index (χ1v) is 8.96. The number of hydrogen-bond donors (Lipinski definition) is 2. The highest BCUT2D eigenvalue weighted by Gasteiger charge is 2.40. The summed E-state index contributed by atoms with van der Waals surface area (Å²) >= 11 is 0. The molecule has 138 valence electrons. The molecule has 0 spiro atoms. The zero-order chi connectivity index (χ0) is 19.0. The summed E-state index contributed by atoms with van der Waals surface area (Å²) in [6, 6.07) is 14.2. The lowest BCUT2D eigenvalue weighted by molar-refractivity contribution is -0.145. The summed E-state index contributed by atoms with van der Waals surface area (Å²) in [6.45, 7) is 0. The number of nitrogens with one attached hydrogen (secondary N) is 2. The van der Waals surface area contributed by atoms with Gasteiger partial charge in [-0.15, -0.1) is 0 Å². The molecule has 2 aliphatic rings. The number of fused-ring (bicyclic) bond motifs is 3. The van der Waals surface area contributed by atoms with E-state index < -0.39 is 18.1 Å². The summed E-state index contributed by atoms with van der Waals surface area (Å²) in [4.78, 5) is 36.7. The topological polar surface area (TPSA) is 84.5 Å². The molecule has 6 nitrogen and oxygen atoms in total. The van der Waals surface area contributed by atoms with E-state index in [2.05, 4.69) is 10.6 Å². The molecule has 1 aliphatic heterocycles. The average molecular weight is 364 g/mol. The van der Waals surface area contributed by atoms with Gasteiger partial charge in [0.1, 0.15) is 12.1 Å². The highest BCUT2D eigenvalue weighted by atomic mass is 16.5. The van der Waals surface area contributed by atoms with E-state index >= 15 is 0 Å². The molecule has 2 aromatic rings. The van der Waals surface area contributed by atoms with Gasteiger partial charge >= 0.3 is 5.97 Å². The van der Waals surface area contributed by atoms with Crippen molar-refractivity contribution in [3.63, 3.8) is 0 Å². The smallest absolute Gasteiger partial charge is 0.329 e. The summed E-state index contributed by atoms with van der Waals surface area (Å²) in [6.07, 6.45) is 0.743. The maximum Gasteiger partial charge on any atom is 0.329 e. The average Bonchev–Trinajstić information content (AvgIpc) is 3.27. The molecule has 2 aromatic carbocycles. The minimum atomic E-state index is -0.871. The van der Waals surface area contributed by atoms with Crippen molar-refractivity contribution in [2.75, 3.05) is 7.11 Å². The van der Waals surface area contributed by atoms with E-state index in [-0.39, 0.29) is 17.7 Å². The Balaban J connectivity index is 1.71. The Hall–Kier alpha value is -3.15. The van der Waals surface area contributed by atoms with Crippen molar-refractivity contribution in [1.29, 1.82) is 0 Å². The predicted molar refractivity (Wildman–Crippen MR) is 98.8 cm³/mol. The predicted octanol–water partition coefficient (Wildman–Crippen LogP) is 1.74. The first-order chi connectivity index (χ1) is 13.1. The maximum atomic E-state index is 12.7. The van der Waals surface area contributed by atoms with Gasteiger partial charge in [0.15, 0.2) is 0 Å². The number of carbonyl (C=O) groups is 3. The van der Waals surface area contributed by atoms with E-state index in [9.17, 15) is 14.4 Å². The minimum Gasteiger partial charge on any atom is -0.467 e. The summed E-state index contributed by atoms with van der Waals surface area (Å²) in [5.74, 6) is -1.37. The summed E-state index contributed by atoms with van der Waals surface area (Å²) in [5.41, 5.74) is 4.06. The van der Waals surface area contributed by atoms with Crippen LogP contribution in [0.15, 0.2) is 48.5 Å². The molecule has 2 atom stereocenters. The second kappa shape index (κ2) is 6.87. The van der Waals surface area contributed by atoms with Crippen LogP contribution >= 0.6 is 0 Å². The van der Waals surface area contributed by atoms with Gasteiger partial charge in [-0.2, -0.15) is 0 Å². The van der Waals surface area contributed by atoms with Gasteiger partial charge in [-0.05, 0) is 28.7 Å². The molecule has 2 N–H and O–H groups in total. The van der Waals surface area contributed by atoms with Crippen molar-refractivity contribution in [2.45, 2.75) is 30.8 Å². The molecular formula is C21H20N2O4. The third-order valence-corrected chi connectivity index (χ3v) is 5.28. The van der Waals surface area contributed by atoms with Gasteiger partial charge in [0.05, 0.1) is 7.11 Å². The second-order valence-electron chi connectivity index (χ2n) is 6.82. The molecule has 0 radical (unpaired) electrons. The minimum absolute atomic E-state index is 0.152. The summed E-state index contributed by atoms with van der Waals surface area (Å²) in [5, 5.41) is 5.47. The first-order valence-electron chi connectivity index (χ1n) is 8.96. The Morgan fingerprint density at radius 2 is 1.67 bits per heavy atom. The van der Waals surface area contributed by atoms with Crippen molar-refractivity contribution in [2.24, 2.45) is 0 Å². The Kier molecular flexibility index (Phi) is 4.39. The van der Waals surface area contributed by atoms with Crippen molar-refractivity contribution in [3.8, 4) is 11.1 Å². The van der Waals surface area contributed by atoms with E-state index in [1.807, 2.05) is 48.5 Å². The largest absolute Gasteiger partial charge is 0.467 e. The van der Waals surface area contributed by atoms with Gasteiger partial charge in [-0.25, -0.2) is 4.79 Å². The molecule has 0 bridgehead atoms. The number of rotatable bonds is 4. The highest BCUT2D eigenvalue weighted by Crippen LogP contribution is 2.46. The van der Waals surface area contributed by atoms with Crippen molar-refractivity contribution < 1.29 is 19.1 Å². The van der Waals surface area contributed by atoms with Gasteiger partial charge < -0.3 is 15.4 Å². The molecule has 0 aromatic heterocycles. The van der Waals surface area contributed by atoms with Crippen LogP contribution in [-0.4, -0.2) is 37.0 Å². The first kappa shape index (κ1) is 17.3. The van der Waals surface area contributed by atoms with Crippen LogP contribution < -0.4 is 10.6 Å². The lowest BCUT2D eigenvalue weighted by Gasteiger charge is -2.25. The lowest BCUT2D eigenvalue weighted by atomic mass is 9.89. The molecule has 1 aliphatic carbocycles. The molecule has 4 rings (SSSR count). The maximum absolute atomic E-state index is 12.7. The Labute approximate surface area is 156 Å². The van der Waals surface area contributed by atoms with E-state index in [0.717, 1.165) is 22.3 Å². The molecule has 6 heteroatoms. The normalized spacial score (nSPS) is 19.0. The fourth-order valence-corrected chi connectivity index (χ4v) is 4.02. The van der Waals surface area contributed by atoms with Crippen LogP contribution in [0.4, 0.5) is 0 Å². The fourth-order valence-electron chi connectivity index (χ4n) is 4.02. The van der Waals surface area contributed by atoms with Crippen LogP contribution in [0.2, 0.25) is 0 Å². The lowest BCUT2D eigenvalue weighted by Crippen LogP contribution is -2.51. The monoisotopic (exact) mass is 364 g/mol. The highest BCUT2D eigenvalue weighted by molar-refractivity contribution is 5.94. The Morgan fingerprint density at radius 1 is 1.07 bits per heavy atom. The van der Waals surface area contributed by atoms with Crippen LogP contribution in [0, 0.1) is 0 Å². The van der Waals surface area contributed by atoms with Crippen LogP contribution in [-0.2, 0) is 19.1 Å². The molecule has 2 amide bonds. The zero-order valence-electron chi connectivity index (χ0n) is 14.9. The zero-order valence-corrected chi connectivity index (χ0v) is 14.9. The number of carbonyl (C=O) groups excluding carboxylic acids is 3. The molecule has 0 saturated carbocycles. The number of amides is 2. The van der Waals surface area contributed by atoms with Gasteiger partial charge in [0, 0.05) is 12.3 Å². The van der Waals surface area contributed by atoms with E-state index in [1.54, 1.807) is 0 Å². The second-order valence-corrected chi connectivity index (χ2v) is 6.82. The quantitative estimate of drug-likeness (QED) is 0.810. The number of ether oxygens (including phenoxy) is 1. The number of hydrogen-bond acceptors (Lipinski definition) is 4. The number of esters is 1. The van der Waals surface area contributed by atoms with Crippen LogP contribution in [0.25, 0.3) is 11.1 Å². The Bertz CT molecular complexity index is 878. The van der Waals surface area contributed by atoms with Crippen LogP contribution in [0.5, 0.6) is 0 Å². The van der Waals surface area contributed by atoms with E-state index in [4.69, 9.17) is 4.74 Å². The van der Waals surface area contributed by atoms with Gasteiger partial charge in [-0.3, -0.25) is 9.59 Å². The molecule has 1 fully saturated rings. The fraction of sp³-hybridized carbons (Fsp3) is 0.286. The van der Waals surface area contributed by atoms with Crippen molar-refractivity contribution in [1.82, 2.24) is 10.6 Å². The molecule has 27 heavy (non-hydrogen) atoms. The van der Waals surface area contributed by atoms with Gasteiger partial charge in [0.2, 0.25) is 11.8 Å². The van der Waals surface area contributed by atoms with Crippen LogP contribution in [0.1, 0.15) is 29.9 Å². The third-order valence-electron chi connectivity index (χ3n) is 5.28.